The molecule has 0 spiro atoms. The third kappa shape index (κ3) is 5.13. The van der Waals surface area contributed by atoms with Gasteiger partial charge in [-0.25, -0.2) is 9.78 Å². The van der Waals surface area contributed by atoms with E-state index in [1.54, 1.807) is 24.3 Å². The molecule has 0 saturated carbocycles. The van der Waals surface area contributed by atoms with Gasteiger partial charge in [0.05, 0.1) is 11.3 Å². The first-order chi connectivity index (χ1) is 12.4. The number of rotatable bonds is 9. The fraction of sp³-hybridized carbons (Fsp3) is 0.333. The Morgan fingerprint density at radius 3 is 2.65 bits per heavy atom. The zero-order chi connectivity index (χ0) is 19.1. The second-order valence-electron chi connectivity index (χ2n) is 5.79. The molecular weight excluding hydrogens is 354 g/mol. The fourth-order valence-corrected chi connectivity index (χ4v) is 3.16. The van der Waals surface area contributed by atoms with Crippen LogP contribution in [0.2, 0.25) is 0 Å². The van der Waals surface area contributed by atoms with Gasteiger partial charge in [0.1, 0.15) is 12.3 Å². The first-order valence-electron chi connectivity index (χ1n) is 8.19. The lowest BCUT2D eigenvalue weighted by Crippen LogP contribution is -2.30. The summed E-state index contributed by atoms with van der Waals surface area (Å²) in [6.45, 7) is 3.79. The average Bonchev–Trinajstić information content (AvgIpc) is 2.91. The Bertz CT molecular complexity index is 784. The maximum absolute atomic E-state index is 12.6. The summed E-state index contributed by atoms with van der Waals surface area (Å²) in [5.74, 6) is -1.39. The van der Waals surface area contributed by atoms with Crippen molar-refractivity contribution in [3.8, 4) is 0 Å². The first-order valence-corrected chi connectivity index (χ1v) is 9.01. The lowest BCUT2D eigenvalue weighted by atomic mass is 10.1. The quantitative estimate of drug-likeness (QED) is 0.459. The van der Waals surface area contributed by atoms with Crippen molar-refractivity contribution in [3.63, 3.8) is 0 Å². The molecule has 0 aliphatic heterocycles. The largest absolute Gasteiger partial charge is 0.480 e. The van der Waals surface area contributed by atoms with E-state index in [0.717, 1.165) is 16.9 Å². The van der Waals surface area contributed by atoms with Gasteiger partial charge in [-0.1, -0.05) is 12.1 Å². The fourth-order valence-electron chi connectivity index (χ4n) is 2.35. The molecule has 0 radical (unpaired) electrons. The van der Waals surface area contributed by atoms with Crippen molar-refractivity contribution in [2.45, 2.75) is 39.2 Å². The van der Waals surface area contributed by atoms with Gasteiger partial charge >= 0.3 is 5.97 Å². The van der Waals surface area contributed by atoms with E-state index in [4.69, 9.17) is 0 Å². The van der Waals surface area contributed by atoms with Crippen molar-refractivity contribution in [2.75, 3.05) is 10.6 Å². The Balaban J connectivity index is 2.16. The van der Waals surface area contributed by atoms with Crippen LogP contribution >= 0.6 is 11.3 Å². The number of aromatic nitrogens is 1. The zero-order valence-electron chi connectivity index (χ0n) is 14.6. The number of amides is 1. The molecule has 2 rings (SSSR count). The van der Waals surface area contributed by atoms with Crippen molar-refractivity contribution in [3.05, 3.63) is 40.4 Å². The maximum atomic E-state index is 12.6. The van der Waals surface area contributed by atoms with Crippen LogP contribution in [0.5, 0.6) is 0 Å². The van der Waals surface area contributed by atoms with Crippen molar-refractivity contribution in [1.82, 2.24) is 4.98 Å². The number of nitrogens with zero attached hydrogens (tertiary/aromatic N) is 1. The molecule has 1 atom stereocenters. The number of hydrogen-bond acceptors (Lipinski definition) is 6. The average molecular weight is 375 g/mol. The molecule has 0 aliphatic rings. The van der Waals surface area contributed by atoms with Gasteiger partial charge in [0.25, 0.3) is 5.91 Å². The zero-order valence-corrected chi connectivity index (χ0v) is 15.4. The highest BCUT2D eigenvalue weighted by Gasteiger charge is 2.20. The number of carboxylic acid groups (broad SMARTS) is 1. The minimum absolute atomic E-state index is 0.287. The highest BCUT2D eigenvalue weighted by Crippen LogP contribution is 2.24. The topological polar surface area (TPSA) is 108 Å². The molecule has 3 N–H and O–H groups in total. The number of unbranched alkanes of at least 4 members (excludes halogenated alkanes) is 1. The van der Waals surface area contributed by atoms with Crippen LogP contribution in [0, 0.1) is 13.8 Å². The van der Waals surface area contributed by atoms with Crippen LogP contribution < -0.4 is 10.6 Å². The molecule has 138 valence electrons. The third-order valence-corrected chi connectivity index (χ3v) is 4.85. The monoisotopic (exact) mass is 375 g/mol. The van der Waals surface area contributed by atoms with Gasteiger partial charge < -0.3 is 15.2 Å². The smallest absolute Gasteiger partial charge is 0.326 e. The van der Waals surface area contributed by atoms with E-state index in [0.29, 0.717) is 29.2 Å². The van der Waals surface area contributed by atoms with Crippen LogP contribution in [0.25, 0.3) is 0 Å². The van der Waals surface area contributed by atoms with Gasteiger partial charge in [0.2, 0.25) is 0 Å². The number of carbonyl (C=O) groups is 3. The summed E-state index contributed by atoms with van der Waals surface area (Å²) in [4.78, 5) is 39.8. The van der Waals surface area contributed by atoms with E-state index in [-0.39, 0.29) is 12.3 Å². The number of aldehydes is 1. The second-order valence-corrected chi connectivity index (χ2v) is 7.00. The molecule has 8 heteroatoms. The molecule has 26 heavy (non-hydrogen) atoms. The number of thiazole rings is 1. The maximum Gasteiger partial charge on any atom is 0.326 e. The van der Waals surface area contributed by atoms with E-state index in [1.165, 1.54) is 11.3 Å². The summed E-state index contributed by atoms with van der Waals surface area (Å²) < 4.78 is 0. The predicted octanol–water partition coefficient (Wildman–Crippen LogP) is 3.25. The standard InChI is InChI=1S/C18H21N3O4S/c1-11-12(2)26-18(19-11)21-16(23)13-7-3-4-8-14(13)20-15(17(24)25)9-5-6-10-22/h3-4,7-8,10,15,20H,5-6,9H2,1-2H3,(H,24,25)(H,19,21,23). The Kier molecular flexibility index (Phi) is 6.85. The first kappa shape index (κ1) is 19.6. The van der Waals surface area contributed by atoms with E-state index in [9.17, 15) is 19.5 Å². The van der Waals surface area contributed by atoms with Crippen molar-refractivity contribution in [2.24, 2.45) is 0 Å². The van der Waals surface area contributed by atoms with Crippen molar-refractivity contribution >= 4 is 40.3 Å². The number of benzene rings is 1. The highest BCUT2D eigenvalue weighted by atomic mass is 32.1. The minimum atomic E-state index is -1.03. The summed E-state index contributed by atoms with van der Waals surface area (Å²) >= 11 is 1.38. The molecule has 0 bridgehead atoms. The Morgan fingerprint density at radius 1 is 1.31 bits per heavy atom. The van der Waals surface area contributed by atoms with Crippen molar-refractivity contribution in [1.29, 1.82) is 0 Å². The number of carboxylic acids is 1. The molecule has 1 unspecified atom stereocenters. The Morgan fingerprint density at radius 2 is 2.04 bits per heavy atom. The normalized spacial score (nSPS) is 11.6. The van der Waals surface area contributed by atoms with E-state index in [1.807, 2.05) is 13.8 Å². The number of anilines is 2. The molecule has 0 saturated heterocycles. The molecule has 1 amide bonds. The number of para-hydroxylation sites is 1. The summed E-state index contributed by atoms with van der Waals surface area (Å²) in [6.07, 6.45) is 1.81. The van der Waals surface area contributed by atoms with Gasteiger partial charge in [-0.3, -0.25) is 10.1 Å². The highest BCUT2D eigenvalue weighted by molar-refractivity contribution is 7.15. The summed E-state index contributed by atoms with van der Waals surface area (Å²) in [6, 6.07) is 5.83. The second kappa shape index (κ2) is 9.10. The Labute approximate surface area is 155 Å². The van der Waals surface area contributed by atoms with Crippen LogP contribution in [0.3, 0.4) is 0 Å². The molecule has 0 fully saturated rings. The summed E-state index contributed by atoms with van der Waals surface area (Å²) in [5, 5.41) is 15.5. The van der Waals surface area contributed by atoms with Crippen LogP contribution in [-0.4, -0.2) is 34.3 Å². The minimum Gasteiger partial charge on any atom is -0.480 e. The molecule has 1 heterocycles. The molecule has 0 aliphatic carbocycles. The number of hydrogen-bond donors (Lipinski definition) is 3. The van der Waals surface area contributed by atoms with E-state index >= 15 is 0 Å². The van der Waals surface area contributed by atoms with Crippen LogP contribution in [0.4, 0.5) is 10.8 Å². The predicted molar refractivity (Wildman–Crippen MR) is 101 cm³/mol. The lowest BCUT2D eigenvalue weighted by molar-refractivity contribution is -0.138. The molecule has 1 aromatic carbocycles. The summed E-state index contributed by atoms with van der Waals surface area (Å²) in [5.41, 5.74) is 1.62. The van der Waals surface area contributed by atoms with Gasteiger partial charge in [0, 0.05) is 17.0 Å². The number of nitrogens with one attached hydrogen (secondary N) is 2. The van der Waals surface area contributed by atoms with Crippen LogP contribution in [0.1, 0.15) is 40.2 Å². The van der Waals surface area contributed by atoms with Crippen LogP contribution in [0.15, 0.2) is 24.3 Å². The Hall–Kier alpha value is -2.74. The lowest BCUT2D eigenvalue weighted by Gasteiger charge is -2.17. The van der Waals surface area contributed by atoms with Gasteiger partial charge in [0.15, 0.2) is 5.13 Å². The molecule has 2 aromatic rings. The van der Waals surface area contributed by atoms with Crippen molar-refractivity contribution < 1.29 is 19.5 Å². The molecular formula is C18H21N3O4S. The van der Waals surface area contributed by atoms with E-state index < -0.39 is 12.0 Å². The van der Waals surface area contributed by atoms with Gasteiger partial charge in [-0.15, -0.1) is 11.3 Å². The summed E-state index contributed by atoms with van der Waals surface area (Å²) in [7, 11) is 0. The third-order valence-electron chi connectivity index (χ3n) is 3.86. The molecule has 7 nitrogen and oxygen atoms in total. The van der Waals surface area contributed by atoms with E-state index in [2.05, 4.69) is 15.6 Å². The van der Waals surface area contributed by atoms with Gasteiger partial charge in [-0.05, 0) is 38.8 Å². The van der Waals surface area contributed by atoms with Gasteiger partial charge in [-0.2, -0.15) is 0 Å². The number of carbonyl (C=O) groups excluding carboxylic acids is 2. The van der Waals surface area contributed by atoms with Crippen LogP contribution in [-0.2, 0) is 9.59 Å². The molecule has 1 aromatic heterocycles. The number of aryl methyl sites for hydroxylation is 2. The number of aliphatic carboxylic acids is 1. The SMILES string of the molecule is Cc1nc(NC(=O)c2ccccc2NC(CCCC=O)C(=O)O)sc1C.